The lowest BCUT2D eigenvalue weighted by molar-refractivity contribution is -0.137. The summed E-state index contributed by atoms with van der Waals surface area (Å²) in [5.41, 5.74) is -0.503. The minimum atomic E-state index is -4.32. The van der Waals surface area contributed by atoms with Gasteiger partial charge in [0.1, 0.15) is 0 Å². The predicted molar refractivity (Wildman–Crippen MR) is 70.8 cm³/mol. The van der Waals surface area contributed by atoms with Crippen molar-refractivity contribution in [2.75, 3.05) is 0 Å². The summed E-state index contributed by atoms with van der Waals surface area (Å²) < 4.78 is 38.1. The summed E-state index contributed by atoms with van der Waals surface area (Å²) in [6.45, 7) is 2.10. The van der Waals surface area contributed by atoms with Crippen LogP contribution in [0.15, 0.2) is 24.3 Å². The van der Waals surface area contributed by atoms with E-state index in [9.17, 15) is 18.4 Å². The van der Waals surface area contributed by atoms with Gasteiger partial charge in [-0.1, -0.05) is 31.5 Å². The van der Waals surface area contributed by atoms with Crippen LogP contribution in [0.1, 0.15) is 43.7 Å². The molecule has 1 aliphatic rings. The van der Waals surface area contributed by atoms with E-state index in [4.69, 9.17) is 0 Å². The molecule has 0 saturated heterocycles. The molecule has 0 radical (unpaired) electrons. The Labute approximate surface area is 117 Å². The highest BCUT2D eigenvalue weighted by Crippen LogP contribution is 2.45. The normalized spacial score (nSPS) is 26.4. The molecule has 0 aliphatic heterocycles. The van der Waals surface area contributed by atoms with E-state index in [1.54, 1.807) is 6.07 Å². The summed E-state index contributed by atoms with van der Waals surface area (Å²) in [7, 11) is 0. The molecule has 1 fully saturated rings. The van der Waals surface area contributed by atoms with Crippen molar-refractivity contribution in [2.45, 2.75) is 45.2 Å². The van der Waals surface area contributed by atoms with Crippen molar-refractivity contribution < 1.29 is 13.2 Å². The molecular formula is C16H18F3N. The molecular weight excluding hydrogens is 263 g/mol. The van der Waals surface area contributed by atoms with E-state index >= 15 is 0 Å². The van der Waals surface area contributed by atoms with Gasteiger partial charge >= 0.3 is 6.18 Å². The number of nitriles is 1. The Bertz CT molecular complexity index is 515. The zero-order chi connectivity index (χ0) is 14.8. The molecule has 0 bridgehead atoms. The number of rotatable bonds is 3. The minimum absolute atomic E-state index is 0.421. The summed E-state index contributed by atoms with van der Waals surface area (Å²) in [6.07, 6.45) is -0.273. The fourth-order valence-corrected chi connectivity index (χ4v) is 3.14. The molecule has 2 atom stereocenters. The van der Waals surface area contributed by atoms with E-state index in [1.165, 1.54) is 12.1 Å². The van der Waals surface area contributed by atoms with Gasteiger partial charge in [0.2, 0.25) is 0 Å². The van der Waals surface area contributed by atoms with Gasteiger partial charge in [-0.25, -0.2) is 0 Å². The first-order valence-electron chi connectivity index (χ1n) is 6.96. The van der Waals surface area contributed by atoms with E-state index in [-0.39, 0.29) is 0 Å². The number of benzene rings is 1. The fraction of sp³-hybridized carbons (Fsp3) is 0.562. The first kappa shape index (κ1) is 14.9. The van der Waals surface area contributed by atoms with E-state index in [2.05, 4.69) is 13.0 Å². The predicted octanol–water partition coefficient (Wildman–Crippen LogP) is 4.97. The molecule has 0 heterocycles. The average molecular weight is 281 g/mol. The van der Waals surface area contributed by atoms with Crippen molar-refractivity contribution in [2.24, 2.45) is 11.3 Å². The second-order valence-corrected chi connectivity index (χ2v) is 5.78. The van der Waals surface area contributed by atoms with Gasteiger partial charge in [-0.2, -0.15) is 18.4 Å². The molecule has 1 nitrogen and oxygen atoms in total. The third-order valence-corrected chi connectivity index (χ3v) is 4.32. The highest BCUT2D eigenvalue weighted by Gasteiger charge is 2.39. The van der Waals surface area contributed by atoms with Crippen molar-refractivity contribution in [3.05, 3.63) is 35.4 Å². The van der Waals surface area contributed by atoms with E-state index in [1.807, 2.05) is 0 Å². The van der Waals surface area contributed by atoms with E-state index in [0.717, 1.165) is 31.7 Å². The number of halogens is 3. The molecule has 20 heavy (non-hydrogen) atoms. The number of alkyl halides is 3. The molecule has 4 heteroatoms. The molecule has 2 rings (SSSR count). The van der Waals surface area contributed by atoms with Gasteiger partial charge in [-0.15, -0.1) is 0 Å². The quantitative estimate of drug-likeness (QED) is 0.767. The Morgan fingerprint density at radius 1 is 1.40 bits per heavy atom. The topological polar surface area (TPSA) is 23.8 Å². The van der Waals surface area contributed by atoms with Gasteiger partial charge in [0.25, 0.3) is 0 Å². The van der Waals surface area contributed by atoms with E-state index in [0.29, 0.717) is 17.9 Å². The number of hydrogen-bond donors (Lipinski definition) is 0. The first-order chi connectivity index (χ1) is 9.38. The van der Waals surface area contributed by atoms with Crippen LogP contribution in [-0.4, -0.2) is 0 Å². The molecule has 0 spiro atoms. The van der Waals surface area contributed by atoms with Crippen LogP contribution in [-0.2, 0) is 12.6 Å². The maximum absolute atomic E-state index is 12.7. The standard InChI is InChI=1S/C16H18F3N/c1-2-12-6-7-15(9-12,11-20)10-13-4-3-5-14(8-13)16(17,18)19/h3-5,8,12H,2,6-7,9-10H2,1H3. The summed E-state index contributed by atoms with van der Waals surface area (Å²) in [6, 6.07) is 7.74. The molecule has 2 unspecified atom stereocenters. The van der Waals surface area contributed by atoms with Gasteiger partial charge in [0.15, 0.2) is 0 Å². The van der Waals surface area contributed by atoms with Crippen LogP contribution in [0.25, 0.3) is 0 Å². The second-order valence-electron chi connectivity index (χ2n) is 5.78. The summed E-state index contributed by atoms with van der Waals surface area (Å²) >= 11 is 0. The fourth-order valence-electron chi connectivity index (χ4n) is 3.14. The highest BCUT2D eigenvalue weighted by atomic mass is 19.4. The molecule has 1 aromatic rings. The monoisotopic (exact) mass is 281 g/mol. The molecule has 1 aliphatic carbocycles. The molecule has 0 aromatic heterocycles. The van der Waals surface area contributed by atoms with Crippen molar-refractivity contribution >= 4 is 0 Å². The van der Waals surface area contributed by atoms with Crippen molar-refractivity contribution in [3.63, 3.8) is 0 Å². The molecule has 0 amide bonds. The van der Waals surface area contributed by atoms with Crippen LogP contribution < -0.4 is 0 Å². The van der Waals surface area contributed by atoms with Gasteiger partial charge in [0.05, 0.1) is 17.0 Å². The lowest BCUT2D eigenvalue weighted by atomic mass is 9.80. The summed E-state index contributed by atoms with van der Waals surface area (Å²) in [5.74, 6) is 0.528. The highest BCUT2D eigenvalue weighted by molar-refractivity contribution is 5.28. The van der Waals surface area contributed by atoms with Crippen LogP contribution >= 0.6 is 0 Å². The van der Waals surface area contributed by atoms with Gasteiger partial charge < -0.3 is 0 Å². The zero-order valence-corrected chi connectivity index (χ0v) is 11.5. The SMILES string of the molecule is CCC1CCC(C#N)(Cc2cccc(C(F)(F)F)c2)C1. The smallest absolute Gasteiger partial charge is 0.198 e. The Hall–Kier alpha value is -1.50. The van der Waals surface area contributed by atoms with Gasteiger partial charge in [-0.05, 0) is 43.2 Å². The molecule has 108 valence electrons. The average Bonchev–Trinajstić information content (AvgIpc) is 2.82. The minimum Gasteiger partial charge on any atom is -0.198 e. The summed E-state index contributed by atoms with van der Waals surface area (Å²) in [5, 5.41) is 9.45. The Morgan fingerprint density at radius 2 is 2.15 bits per heavy atom. The zero-order valence-electron chi connectivity index (χ0n) is 11.5. The van der Waals surface area contributed by atoms with Crippen molar-refractivity contribution in [1.82, 2.24) is 0 Å². The molecule has 1 aromatic carbocycles. The maximum Gasteiger partial charge on any atom is 0.416 e. The maximum atomic E-state index is 12.7. The Balaban J connectivity index is 2.19. The molecule has 1 saturated carbocycles. The van der Waals surface area contributed by atoms with Crippen LogP contribution in [0.5, 0.6) is 0 Å². The third-order valence-electron chi connectivity index (χ3n) is 4.32. The van der Waals surface area contributed by atoms with Crippen LogP contribution in [0, 0.1) is 22.7 Å². The Kier molecular flexibility index (Phi) is 4.08. The van der Waals surface area contributed by atoms with Crippen molar-refractivity contribution in [1.29, 1.82) is 5.26 Å². The lowest BCUT2D eigenvalue weighted by Crippen LogP contribution is -2.18. The van der Waals surface area contributed by atoms with Crippen molar-refractivity contribution in [3.8, 4) is 6.07 Å². The lowest BCUT2D eigenvalue weighted by Gasteiger charge is -2.21. The third kappa shape index (κ3) is 3.15. The second kappa shape index (κ2) is 5.47. The molecule has 0 N–H and O–H groups in total. The number of nitrogens with zero attached hydrogens (tertiary/aromatic N) is 1. The first-order valence-corrected chi connectivity index (χ1v) is 6.96. The number of hydrogen-bond acceptors (Lipinski definition) is 1. The van der Waals surface area contributed by atoms with Gasteiger partial charge in [0, 0.05) is 0 Å². The van der Waals surface area contributed by atoms with Crippen LogP contribution in [0.2, 0.25) is 0 Å². The van der Waals surface area contributed by atoms with Crippen LogP contribution in [0.4, 0.5) is 13.2 Å². The summed E-state index contributed by atoms with van der Waals surface area (Å²) in [4.78, 5) is 0. The largest absolute Gasteiger partial charge is 0.416 e. The Morgan fingerprint density at radius 3 is 2.70 bits per heavy atom. The van der Waals surface area contributed by atoms with Gasteiger partial charge in [-0.3, -0.25) is 0 Å². The van der Waals surface area contributed by atoms with Crippen LogP contribution in [0.3, 0.4) is 0 Å². The van der Waals surface area contributed by atoms with E-state index < -0.39 is 17.2 Å².